The molecule has 1 aliphatic rings. The van der Waals surface area contributed by atoms with Gasteiger partial charge in [-0.3, -0.25) is 0 Å². The summed E-state index contributed by atoms with van der Waals surface area (Å²) < 4.78 is 17.0. The second-order valence-corrected chi connectivity index (χ2v) is 6.77. The molecule has 2 N–H and O–H groups in total. The van der Waals surface area contributed by atoms with Crippen molar-refractivity contribution in [3.05, 3.63) is 59.7 Å². The monoisotopic (exact) mass is 356 g/mol. The highest BCUT2D eigenvalue weighted by molar-refractivity contribution is 5.53. The number of phenolic OH excluding ortho intramolecular Hbond substituents is 2. The lowest BCUT2D eigenvalue weighted by atomic mass is 9.92. The molecule has 5 nitrogen and oxygen atoms in total. The number of phenols is 2. The average Bonchev–Trinajstić information content (AvgIpc) is 2.97. The van der Waals surface area contributed by atoms with Crippen molar-refractivity contribution in [3.63, 3.8) is 0 Å². The van der Waals surface area contributed by atoms with Crippen molar-refractivity contribution in [1.29, 1.82) is 0 Å². The van der Waals surface area contributed by atoms with Gasteiger partial charge in [0.2, 0.25) is 0 Å². The fourth-order valence-corrected chi connectivity index (χ4v) is 3.04. The number of methoxy groups -OCH3 is 1. The van der Waals surface area contributed by atoms with Gasteiger partial charge in [-0.2, -0.15) is 0 Å². The minimum absolute atomic E-state index is 0.0833. The summed E-state index contributed by atoms with van der Waals surface area (Å²) in [6.45, 7) is 4.26. The van der Waals surface area contributed by atoms with Crippen molar-refractivity contribution in [3.8, 4) is 17.2 Å². The van der Waals surface area contributed by atoms with Crippen LogP contribution in [0.15, 0.2) is 48.5 Å². The lowest BCUT2D eigenvalue weighted by Crippen LogP contribution is -2.24. The predicted octanol–water partition coefficient (Wildman–Crippen LogP) is 4.05. The van der Waals surface area contributed by atoms with Gasteiger partial charge < -0.3 is 24.4 Å². The molecule has 26 heavy (non-hydrogen) atoms. The number of aromatic hydroxyl groups is 2. The first-order valence-corrected chi connectivity index (χ1v) is 8.54. The van der Waals surface area contributed by atoms with E-state index in [0.717, 1.165) is 11.1 Å². The van der Waals surface area contributed by atoms with Gasteiger partial charge in [-0.15, -0.1) is 0 Å². The van der Waals surface area contributed by atoms with Crippen LogP contribution in [0, 0.1) is 0 Å². The summed E-state index contributed by atoms with van der Waals surface area (Å²) in [5.41, 5.74) is 1.93. The van der Waals surface area contributed by atoms with Crippen LogP contribution in [0.2, 0.25) is 0 Å². The molecule has 5 heteroatoms. The third-order valence-electron chi connectivity index (χ3n) is 4.41. The van der Waals surface area contributed by atoms with Crippen LogP contribution in [0.5, 0.6) is 17.2 Å². The van der Waals surface area contributed by atoms with Gasteiger partial charge in [-0.1, -0.05) is 30.4 Å². The van der Waals surface area contributed by atoms with Crippen molar-refractivity contribution in [1.82, 2.24) is 0 Å². The fraction of sp³-hybridized carbons (Fsp3) is 0.333. The smallest absolute Gasteiger partial charge is 0.163 e. The topological polar surface area (TPSA) is 68.2 Å². The van der Waals surface area contributed by atoms with E-state index < -0.39 is 5.79 Å². The summed E-state index contributed by atoms with van der Waals surface area (Å²) in [4.78, 5) is 0. The molecule has 1 fully saturated rings. The van der Waals surface area contributed by atoms with E-state index in [1.54, 1.807) is 18.2 Å². The van der Waals surface area contributed by atoms with Gasteiger partial charge in [-0.05, 0) is 49.2 Å². The molecular weight excluding hydrogens is 332 g/mol. The van der Waals surface area contributed by atoms with Crippen molar-refractivity contribution >= 4 is 6.08 Å². The lowest BCUT2D eigenvalue weighted by molar-refractivity contribution is -0.139. The Hall–Kier alpha value is -2.50. The Labute approximate surface area is 153 Å². The molecule has 3 rings (SSSR count). The van der Waals surface area contributed by atoms with E-state index in [9.17, 15) is 10.2 Å². The SMILES string of the molecule is COc1cc([C@@H](C=Cc2ccc(O)cc2)[C@H]2COC(C)(C)O2)ccc1O. The highest BCUT2D eigenvalue weighted by Crippen LogP contribution is 2.37. The third kappa shape index (κ3) is 4.18. The second-order valence-electron chi connectivity index (χ2n) is 6.77. The number of hydrogen-bond donors (Lipinski definition) is 2. The summed E-state index contributed by atoms with van der Waals surface area (Å²) in [6, 6.07) is 12.3. The Balaban J connectivity index is 1.92. The normalized spacial score (nSPS) is 20.3. The molecule has 2 aromatic rings. The molecule has 0 radical (unpaired) electrons. The molecule has 0 saturated carbocycles. The molecule has 0 aromatic heterocycles. The van der Waals surface area contributed by atoms with Crippen molar-refractivity contribution in [2.24, 2.45) is 0 Å². The largest absolute Gasteiger partial charge is 0.508 e. The Morgan fingerprint density at radius 1 is 1.15 bits per heavy atom. The maximum atomic E-state index is 9.88. The van der Waals surface area contributed by atoms with Crippen LogP contribution in [0.3, 0.4) is 0 Å². The predicted molar refractivity (Wildman–Crippen MR) is 99.4 cm³/mol. The second kappa shape index (κ2) is 7.40. The lowest BCUT2D eigenvalue weighted by Gasteiger charge is -2.23. The van der Waals surface area contributed by atoms with Gasteiger partial charge in [-0.25, -0.2) is 0 Å². The average molecular weight is 356 g/mol. The Kier molecular flexibility index (Phi) is 5.20. The zero-order valence-corrected chi connectivity index (χ0v) is 15.2. The minimum atomic E-state index is -0.629. The van der Waals surface area contributed by atoms with Crippen LogP contribution in [0.1, 0.15) is 30.9 Å². The first-order valence-electron chi connectivity index (χ1n) is 8.54. The zero-order valence-electron chi connectivity index (χ0n) is 15.2. The fourth-order valence-electron chi connectivity index (χ4n) is 3.04. The molecule has 2 atom stereocenters. The van der Waals surface area contributed by atoms with Gasteiger partial charge in [0.15, 0.2) is 17.3 Å². The highest BCUT2D eigenvalue weighted by Gasteiger charge is 2.37. The number of ether oxygens (including phenoxy) is 3. The number of hydrogen-bond acceptors (Lipinski definition) is 5. The van der Waals surface area contributed by atoms with E-state index >= 15 is 0 Å². The van der Waals surface area contributed by atoms with E-state index in [1.165, 1.54) is 7.11 Å². The van der Waals surface area contributed by atoms with Crippen molar-refractivity contribution < 1.29 is 24.4 Å². The molecule has 138 valence electrons. The molecule has 1 heterocycles. The maximum absolute atomic E-state index is 9.88. The van der Waals surface area contributed by atoms with E-state index in [1.807, 2.05) is 50.3 Å². The van der Waals surface area contributed by atoms with Crippen LogP contribution in [-0.4, -0.2) is 35.8 Å². The van der Waals surface area contributed by atoms with Crippen LogP contribution in [0.25, 0.3) is 6.08 Å². The highest BCUT2D eigenvalue weighted by atomic mass is 16.7. The maximum Gasteiger partial charge on any atom is 0.163 e. The van der Waals surface area contributed by atoms with E-state index in [2.05, 4.69) is 0 Å². The van der Waals surface area contributed by atoms with E-state index in [0.29, 0.717) is 12.4 Å². The molecule has 0 amide bonds. The quantitative estimate of drug-likeness (QED) is 0.846. The van der Waals surface area contributed by atoms with Crippen LogP contribution < -0.4 is 4.74 Å². The standard InChI is InChI=1S/C21H24O5/c1-21(2)25-13-20(26-21)17(10-6-14-4-8-16(22)9-5-14)15-7-11-18(23)19(12-15)24-3/h4-12,17,20,22-23H,13H2,1-3H3/t17-,20-/m1/s1. The van der Waals surface area contributed by atoms with Crippen molar-refractivity contribution in [2.45, 2.75) is 31.7 Å². The summed E-state index contributed by atoms with van der Waals surface area (Å²) >= 11 is 0. The first-order chi connectivity index (χ1) is 12.4. The Morgan fingerprint density at radius 3 is 2.50 bits per heavy atom. The van der Waals surface area contributed by atoms with Gasteiger partial charge in [0.25, 0.3) is 0 Å². The number of rotatable bonds is 5. The summed E-state index contributed by atoms with van der Waals surface area (Å²) in [5.74, 6) is 0.0394. The number of benzene rings is 2. The molecule has 0 unspecified atom stereocenters. The van der Waals surface area contributed by atoms with Crippen LogP contribution >= 0.6 is 0 Å². The minimum Gasteiger partial charge on any atom is -0.508 e. The van der Waals surface area contributed by atoms with Gasteiger partial charge in [0.1, 0.15) is 5.75 Å². The molecule has 1 aliphatic heterocycles. The van der Waals surface area contributed by atoms with E-state index in [4.69, 9.17) is 14.2 Å². The molecule has 1 saturated heterocycles. The van der Waals surface area contributed by atoms with Crippen LogP contribution in [-0.2, 0) is 9.47 Å². The molecule has 0 aliphatic carbocycles. The summed E-state index contributed by atoms with van der Waals surface area (Å²) in [7, 11) is 1.53. The molecule has 2 aromatic carbocycles. The Morgan fingerprint density at radius 2 is 1.88 bits per heavy atom. The van der Waals surface area contributed by atoms with Crippen molar-refractivity contribution in [2.75, 3.05) is 13.7 Å². The first kappa shape index (κ1) is 18.3. The molecule has 0 bridgehead atoms. The van der Waals surface area contributed by atoms with Crippen LogP contribution in [0.4, 0.5) is 0 Å². The Bertz CT molecular complexity index is 779. The molecular formula is C21H24O5. The summed E-state index contributed by atoms with van der Waals surface area (Å²) in [5, 5.41) is 19.3. The van der Waals surface area contributed by atoms with Gasteiger partial charge in [0.05, 0.1) is 19.8 Å². The van der Waals surface area contributed by atoms with E-state index in [-0.39, 0.29) is 23.5 Å². The summed E-state index contributed by atoms with van der Waals surface area (Å²) in [6.07, 6.45) is 3.87. The third-order valence-corrected chi connectivity index (χ3v) is 4.41. The van der Waals surface area contributed by atoms with Gasteiger partial charge >= 0.3 is 0 Å². The van der Waals surface area contributed by atoms with Gasteiger partial charge in [0, 0.05) is 5.92 Å². The molecule has 0 spiro atoms. The zero-order chi connectivity index (χ0) is 18.7.